The average molecular weight is 168 g/mol. The summed E-state index contributed by atoms with van der Waals surface area (Å²) in [6.07, 6.45) is 2.76. The van der Waals surface area contributed by atoms with Crippen LogP contribution in [0.2, 0.25) is 0 Å². The third-order valence-corrected chi connectivity index (χ3v) is 3.76. The molecule has 2 aliphatic rings. The molecule has 2 atom stereocenters. The van der Waals surface area contributed by atoms with Crippen LogP contribution in [0.4, 0.5) is 0 Å². The van der Waals surface area contributed by atoms with E-state index in [9.17, 15) is 0 Å². The number of hydrogen-bond donors (Lipinski definition) is 1. The molecule has 2 unspecified atom stereocenters. The molecule has 0 aromatic rings. The van der Waals surface area contributed by atoms with Gasteiger partial charge in [-0.15, -0.1) is 0 Å². The van der Waals surface area contributed by atoms with E-state index < -0.39 is 0 Å². The fraction of sp³-hybridized carbons (Fsp3) is 1.00. The van der Waals surface area contributed by atoms with Crippen molar-refractivity contribution in [2.45, 2.75) is 38.3 Å². The summed E-state index contributed by atoms with van der Waals surface area (Å²) in [6.45, 7) is 7.21. The monoisotopic (exact) mass is 168 g/mol. The van der Waals surface area contributed by atoms with Crippen molar-refractivity contribution in [3.63, 3.8) is 0 Å². The Kier molecular flexibility index (Phi) is 1.92. The molecule has 1 aliphatic heterocycles. The fourth-order valence-electron chi connectivity index (χ4n) is 2.54. The van der Waals surface area contributed by atoms with E-state index in [2.05, 4.69) is 31.1 Å². The molecule has 2 rings (SSSR count). The Morgan fingerprint density at radius 3 is 2.75 bits per heavy atom. The minimum atomic E-state index is 0.561. The molecule has 2 fully saturated rings. The summed E-state index contributed by atoms with van der Waals surface area (Å²) in [5.41, 5.74) is 0.561. The second-order valence-corrected chi connectivity index (χ2v) is 4.65. The maximum absolute atomic E-state index is 3.49. The van der Waals surface area contributed by atoms with Gasteiger partial charge in [0.1, 0.15) is 0 Å². The molecule has 1 aliphatic carbocycles. The summed E-state index contributed by atoms with van der Waals surface area (Å²) in [4.78, 5) is 2.60. The lowest BCUT2D eigenvalue weighted by molar-refractivity contribution is 0.159. The first-order chi connectivity index (χ1) is 5.68. The van der Waals surface area contributed by atoms with Crippen molar-refractivity contribution in [1.29, 1.82) is 0 Å². The molecule has 0 aromatic heterocycles. The standard InChI is InChI=1S/C10H20N2/c1-8(2)12-5-4-10(11-3)6-9(10)7-12/h8-9,11H,4-7H2,1-3H3. The lowest BCUT2D eigenvalue weighted by Crippen LogP contribution is -2.45. The molecular formula is C10H20N2. The van der Waals surface area contributed by atoms with Crippen molar-refractivity contribution < 1.29 is 0 Å². The first kappa shape index (κ1) is 8.52. The molecule has 1 saturated carbocycles. The van der Waals surface area contributed by atoms with Gasteiger partial charge in [-0.25, -0.2) is 0 Å². The maximum Gasteiger partial charge on any atom is 0.0235 e. The Morgan fingerprint density at radius 2 is 2.25 bits per heavy atom. The van der Waals surface area contributed by atoms with Crippen LogP contribution in [0.3, 0.4) is 0 Å². The Hall–Kier alpha value is -0.0800. The van der Waals surface area contributed by atoms with Gasteiger partial charge in [-0.3, -0.25) is 0 Å². The zero-order chi connectivity index (χ0) is 8.77. The molecule has 1 saturated heterocycles. The molecule has 1 N–H and O–H groups in total. The zero-order valence-corrected chi connectivity index (χ0v) is 8.43. The number of hydrogen-bond acceptors (Lipinski definition) is 2. The smallest absolute Gasteiger partial charge is 0.0235 e. The molecule has 2 heteroatoms. The van der Waals surface area contributed by atoms with E-state index in [1.54, 1.807) is 0 Å². The highest BCUT2D eigenvalue weighted by molar-refractivity contribution is 5.13. The molecule has 0 bridgehead atoms. The summed E-state index contributed by atoms with van der Waals surface area (Å²) in [6, 6.07) is 0.737. The SMILES string of the molecule is CNC12CCN(C(C)C)CC1C2. The molecule has 70 valence electrons. The number of likely N-dealkylation sites (tertiary alicyclic amines) is 1. The lowest BCUT2D eigenvalue weighted by Gasteiger charge is -2.34. The minimum Gasteiger partial charge on any atom is -0.314 e. The number of piperidine rings is 1. The van der Waals surface area contributed by atoms with E-state index in [1.165, 1.54) is 25.9 Å². The second-order valence-electron chi connectivity index (χ2n) is 4.65. The third kappa shape index (κ3) is 1.17. The highest BCUT2D eigenvalue weighted by Crippen LogP contribution is 2.49. The highest BCUT2D eigenvalue weighted by Gasteiger charge is 2.55. The second kappa shape index (κ2) is 2.71. The van der Waals surface area contributed by atoms with Crippen molar-refractivity contribution in [3.05, 3.63) is 0 Å². The number of nitrogens with one attached hydrogen (secondary N) is 1. The first-order valence-corrected chi connectivity index (χ1v) is 5.11. The van der Waals surface area contributed by atoms with Crippen molar-refractivity contribution >= 4 is 0 Å². The highest BCUT2D eigenvalue weighted by atomic mass is 15.2. The van der Waals surface area contributed by atoms with Gasteiger partial charge in [-0.05, 0) is 39.7 Å². The lowest BCUT2D eigenvalue weighted by atomic mass is 10.0. The summed E-state index contributed by atoms with van der Waals surface area (Å²) in [5, 5.41) is 3.49. The Bertz CT molecular complexity index is 179. The first-order valence-electron chi connectivity index (χ1n) is 5.11. The van der Waals surface area contributed by atoms with E-state index in [-0.39, 0.29) is 0 Å². The summed E-state index contributed by atoms with van der Waals surface area (Å²) in [7, 11) is 2.12. The molecule has 0 spiro atoms. The van der Waals surface area contributed by atoms with E-state index in [0.717, 1.165) is 12.0 Å². The summed E-state index contributed by atoms with van der Waals surface area (Å²) in [5.74, 6) is 0.943. The number of rotatable bonds is 2. The minimum absolute atomic E-state index is 0.561. The summed E-state index contributed by atoms with van der Waals surface area (Å²) < 4.78 is 0. The van der Waals surface area contributed by atoms with Crippen LogP contribution >= 0.6 is 0 Å². The van der Waals surface area contributed by atoms with Gasteiger partial charge in [-0.2, -0.15) is 0 Å². The normalized spacial score (nSPS) is 41.5. The molecule has 0 amide bonds. The van der Waals surface area contributed by atoms with Crippen molar-refractivity contribution in [1.82, 2.24) is 10.2 Å². The van der Waals surface area contributed by atoms with Crippen LogP contribution in [0.15, 0.2) is 0 Å². The Morgan fingerprint density at radius 1 is 1.50 bits per heavy atom. The predicted octanol–water partition coefficient (Wildman–Crippen LogP) is 1.08. The number of nitrogens with zero attached hydrogens (tertiary/aromatic N) is 1. The van der Waals surface area contributed by atoms with Gasteiger partial charge in [0.2, 0.25) is 0 Å². The topological polar surface area (TPSA) is 15.3 Å². The van der Waals surface area contributed by atoms with Crippen LogP contribution in [0.5, 0.6) is 0 Å². The van der Waals surface area contributed by atoms with E-state index >= 15 is 0 Å². The van der Waals surface area contributed by atoms with Gasteiger partial charge >= 0.3 is 0 Å². The molecule has 12 heavy (non-hydrogen) atoms. The Balaban J connectivity index is 1.92. The maximum atomic E-state index is 3.49. The van der Waals surface area contributed by atoms with Crippen LogP contribution in [0.25, 0.3) is 0 Å². The van der Waals surface area contributed by atoms with Gasteiger partial charge in [0, 0.05) is 24.7 Å². The fourth-order valence-corrected chi connectivity index (χ4v) is 2.54. The van der Waals surface area contributed by atoms with E-state index in [0.29, 0.717) is 5.54 Å². The van der Waals surface area contributed by atoms with Gasteiger partial charge in [0.05, 0.1) is 0 Å². The van der Waals surface area contributed by atoms with Crippen molar-refractivity contribution in [3.8, 4) is 0 Å². The third-order valence-electron chi connectivity index (χ3n) is 3.76. The van der Waals surface area contributed by atoms with Crippen molar-refractivity contribution in [2.75, 3.05) is 20.1 Å². The Labute approximate surface area is 75.3 Å². The van der Waals surface area contributed by atoms with Crippen LogP contribution in [0.1, 0.15) is 26.7 Å². The van der Waals surface area contributed by atoms with Crippen LogP contribution in [-0.2, 0) is 0 Å². The molecule has 0 aromatic carbocycles. The van der Waals surface area contributed by atoms with Crippen LogP contribution < -0.4 is 5.32 Å². The zero-order valence-electron chi connectivity index (χ0n) is 8.43. The predicted molar refractivity (Wildman–Crippen MR) is 51.2 cm³/mol. The van der Waals surface area contributed by atoms with Crippen LogP contribution in [-0.4, -0.2) is 36.6 Å². The molecule has 1 heterocycles. The van der Waals surface area contributed by atoms with Crippen LogP contribution in [0, 0.1) is 5.92 Å². The number of fused-ring (bicyclic) bond motifs is 1. The summed E-state index contributed by atoms with van der Waals surface area (Å²) >= 11 is 0. The quantitative estimate of drug-likeness (QED) is 0.663. The van der Waals surface area contributed by atoms with Crippen molar-refractivity contribution in [2.24, 2.45) is 5.92 Å². The van der Waals surface area contributed by atoms with E-state index in [1.807, 2.05) is 0 Å². The van der Waals surface area contributed by atoms with E-state index in [4.69, 9.17) is 0 Å². The molecule has 0 radical (unpaired) electrons. The van der Waals surface area contributed by atoms with Gasteiger partial charge in [-0.1, -0.05) is 0 Å². The molecule has 2 nitrogen and oxygen atoms in total. The van der Waals surface area contributed by atoms with Gasteiger partial charge < -0.3 is 10.2 Å². The van der Waals surface area contributed by atoms with Gasteiger partial charge in [0.15, 0.2) is 0 Å². The average Bonchev–Trinajstić information content (AvgIpc) is 2.77. The van der Waals surface area contributed by atoms with Gasteiger partial charge in [0.25, 0.3) is 0 Å². The molecular weight excluding hydrogens is 148 g/mol. The largest absolute Gasteiger partial charge is 0.314 e.